The van der Waals surface area contributed by atoms with Crippen LogP contribution in [0, 0.1) is 20.8 Å². The van der Waals surface area contributed by atoms with E-state index in [9.17, 15) is 14.4 Å². The fourth-order valence-corrected chi connectivity index (χ4v) is 4.89. The van der Waals surface area contributed by atoms with Gasteiger partial charge in [0.15, 0.2) is 0 Å². The van der Waals surface area contributed by atoms with Crippen LogP contribution in [0.4, 0.5) is 10.5 Å². The highest BCUT2D eigenvalue weighted by atomic mass is 35.5. The number of carbonyl (C=O) groups is 3. The molecular weight excluding hydrogens is 500 g/mol. The molecule has 6 nitrogen and oxygen atoms in total. The number of aryl methyl sites for hydroxylation is 2. The van der Waals surface area contributed by atoms with Crippen molar-refractivity contribution in [2.45, 2.75) is 27.4 Å². The second-order valence-electron chi connectivity index (χ2n) is 9.32. The summed E-state index contributed by atoms with van der Waals surface area (Å²) in [7, 11) is 0. The number of benzene rings is 4. The molecule has 0 atom stereocenters. The molecule has 1 heterocycles. The Labute approximate surface area is 225 Å². The van der Waals surface area contributed by atoms with Crippen LogP contribution in [0.3, 0.4) is 0 Å². The summed E-state index contributed by atoms with van der Waals surface area (Å²) in [5.41, 5.74) is 4.52. The van der Waals surface area contributed by atoms with Crippen molar-refractivity contribution in [3.8, 4) is 5.75 Å². The van der Waals surface area contributed by atoms with Crippen molar-refractivity contribution >= 4 is 52.0 Å². The lowest BCUT2D eigenvalue weighted by molar-refractivity contribution is -0.122. The lowest BCUT2D eigenvalue weighted by Crippen LogP contribution is -2.54. The minimum Gasteiger partial charge on any atom is -0.488 e. The van der Waals surface area contributed by atoms with Gasteiger partial charge in [-0.15, -0.1) is 0 Å². The van der Waals surface area contributed by atoms with E-state index in [1.54, 1.807) is 25.1 Å². The molecule has 7 heteroatoms. The second-order valence-corrected chi connectivity index (χ2v) is 9.73. The maximum absolute atomic E-state index is 13.6. The van der Waals surface area contributed by atoms with Crippen molar-refractivity contribution in [1.82, 2.24) is 5.32 Å². The largest absolute Gasteiger partial charge is 0.488 e. The molecule has 4 amide bonds. The van der Waals surface area contributed by atoms with Crippen LogP contribution >= 0.6 is 11.6 Å². The SMILES string of the molecule is Cc1cc(C)cc(COc2ccc3ccccc3c2/C=C2\C(=O)NC(=O)N(c3cccc(Cl)c3C)C2=O)c1. The summed E-state index contributed by atoms with van der Waals surface area (Å²) >= 11 is 6.25. The van der Waals surface area contributed by atoms with Crippen molar-refractivity contribution in [1.29, 1.82) is 0 Å². The zero-order valence-electron chi connectivity index (χ0n) is 21.2. The summed E-state index contributed by atoms with van der Waals surface area (Å²) in [4.78, 5) is 40.2. The smallest absolute Gasteiger partial charge is 0.335 e. The van der Waals surface area contributed by atoms with Gasteiger partial charge in [0.05, 0.1) is 5.69 Å². The van der Waals surface area contributed by atoms with Crippen LogP contribution in [0.5, 0.6) is 5.75 Å². The number of nitrogens with one attached hydrogen (secondary N) is 1. The zero-order valence-corrected chi connectivity index (χ0v) is 21.9. The Morgan fingerprint density at radius 2 is 1.63 bits per heavy atom. The Morgan fingerprint density at radius 3 is 2.39 bits per heavy atom. The summed E-state index contributed by atoms with van der Waals surface area (Å²) in [5, 5.41) is 4.42. The third-order valence-electron chi connectivity index (χ3n) is 6.48. The van der Waals surface area contributed by atoms with Gasteiger partial charge in [-0.3, -0.25) is 14.9 Å². The van der Waals surface area contributed by atoms with Gasteiger partial charge >= 0.3 is 6.03 Å². The fraction of sp³-hybridized carbons (Fsp3) is 0.129. The molecule has 0 unspecified atom stereocenters. The molecule has 1 fully saturated rings. The van der Waals surface area contributed by atoms with Gasteiger partial charge in [0.25, 0.3) is 11.8 Å². The molecule has 5 rings (SSSR count). The Balaban J connectivity index is 1.60. The van der Waals surface area contributed by atoms with Gasteiger partial charge in [0, 0.05) is 10.6 Å². The molecule has 1 saturated heterocycles. The number of imide groups is 2. The number of hydrogen-bond acceptors (Lipinski definition) is 4. The molecule has 0 saturated carbocycles. The average Bonchev–Trinajstić information content (AvgIpc) is 2.87. The molecule has 0 bridgehead atoms. The molecule has 4 aromatic rings. The van der Waals surface area contributed by atoms with E-state index in [2.05, 4.69) is 23.5 Å². The second kappa shape index (κ2) is 10.1. The van der Waals surface area contributed by atoms with Crippen LogP contribution in [-0.4, -0.2) is 17.8 Å². The molecular formula is C31H25ClN2O4. The standard InChI is InChI=1S/C31H25ClN2O4/c1-18-13-19(2)15-21(14-18)17-38-28-12-11-22-7-4-5-8-23(22)24(28)16-25-29(35)33-31(37)34(30(25)36)27-10-6-9-26(32)20(27)3/h4-16H,17H2,1-3H3,(H,33,35,37)/b25-16+. The third-order valence-corrected chi connectivity index (χ3v) is 6.89. The minimum atomic E-state index is -0.827. The Bertz CT molecular complexity index is 1640. The first-order chi connectivity index (χ1) is 18.2. The lowest BCUT2D eigenvalue weighted by Gasteiger charge is -2.28. The first-order valence-corrected chi connectivity index (χ1v) is 12.5. The van der Waals surface area contributed by atoms with E-state index in [0.29, 0.717) is 34.2 Å². The predicted molar refractivity (Wildman–Crippen MR) is 149 cm³/mol. The minimum absolute atomic E-state index is 0.184. The van der Waals surface area contributed by atoms with Crippen LogP contribution in [0.25, 0.3) is 16.8 Å². The molecule has 1 aliphatic rings. The highest BCUT2D eigenvalue weighted by Crippen LogP contribution is 2.34. The van der Waals surface area contributed by atoms with E-state index < -0.39 is 17.8 Å². The predicted octanol–water partition coefficient (Wildman–Crippen LogP) is 6.66. The number of fused-ring (bicyclic) bond motifs is 1. The van der Waals surface area contributed by atoms with Crippen LogP contribution in [0.15, 0.2) is 78.4 Å². The fourth-order valence-electron chi connectivity index (χ4n) is 4.72. The average molecular weight is 525 g/mol. The molecule has 0 spiro atoms. The number of ether oxygens (including phenoxy) is 1. The number of rotatable bonds is 5. The summed E-state index contributed by atoms with van der Waals surface area (Å²) in [6.45, 7) is 6.08. The summed E-state index contributed by atoms with van der Waals surface area (Å²) < 4.78 is 6.24. The van der Waals surface area contributed by atoms with Crippen molar-refractivity contribution in [2.24, 2.45) is 0 Å². The van der Waals surface area contributed by atoms with E-state index in [4.69, 9.17) is 16.3 Å². The molecule has 0 aliphatic carbocycles. The molecule has 1 N–H and O–H groups in total. The number of halogens is 1. The van der Waals surface area contributed by atoms with Gasteiger partial charge in [-0.05, 0) is 66.9 Å². The quantitative estimate of drug-likeness (QED) is 0.234. The van der Waals surface area contributed by atoms with Gasteiger partial charge in [0.2, 0.25) is 0 Å². The summed E-state index contributed by atoms with van der Waals surface area (Å²) in [6.07, 6.45) is 1.50. The molecule has 0 radical (unpaired) electrons. The molecule has 190 valence electrons. The highest BCUT2D eigenvalue weighted by Gasteiger charge is 2.38. The van der Waals surface area contributed by atoms with E-state index in [-0.39, 0.29) is 5.57 Å². The summed E-state index contributed by atoms with van der Waals surface area (Å²) in [6, 6.07) is 21.7. The normalized spacial score (nSPS) is 14.8. The number of barbiturate groups is 1. The van der Waals surface area contributed by atoms with Gasteiger partial charge < -0.3 is 4.74 Å². The maximum Gasteiger partial charge on any atom is 0.335 e. The molecule has 1 aliphatic heterocycles. The lowest BCUT2D eigenvalue weighted by atomic mass is 9.99. The van der Waals surface area contributed by atoms with Gasteiger partial charge in [-0.2, -0.15) is 0 Å². The van der Waals surface area contributed by atoms with Crippen LogP contribution in [0.1, 0.15) is 27.8 Å². The third kappa shape index (κ3) is 4.78. The number of carbonyl (C=O) groups excluding carboxylic acids is 3. The zero-order chi connectivity index (χ0) is 27.0. The highest BCUT2D eigenvalue weighted by molar-refractivity contribution is 6.40. The summed E-state index contributed by atoms with van der Waals surface area (Å²) in [5.74, 6) is -1.00. The van der Waals surface area contributed by atoms with Crippen LogP contribution in [0.2, 0.25) is 5.02 Å². The number of nitrogens with zero attached hydrogens (tertiary/aromatic N) is 1. The monoisotopic (exact) mass is 524 g/mol. The topological polar surface area (TPSA) is 75.7 Å². The van der Waals surface area contributed by atoms with Gasteiger partial charge in [-0.25, -0.2) is 9.69 Å². The Hall–Kier alpha value is -4.42. The number of amides is 4. The van der Waals surface area contributed by atoms with Crippen molar-refractivity contribution in [2.75, 3.05) is 4.90 Å². The molecule has 4 aromatic carbocycles. The number of urea groups is 1. The van der Waals surface area contributed by atoms with E-state index >= 15 is 0 Å². The van der Waals surface area contributed by atoms with Crippen LogP contribution < -0.4 is 15.0 Å². The van der Waals surface area contributed by atoms with Crippen LogP contribution in [-0.2, 0) is 16.2 Å². The van der Waals surface area contributed by atoms with E-state index in [0.717, 1.165) is 32.4 Å². The first-order valence-electron chi connectivity index (χ1n) is 12.1. The van der Waals surface area contributed by atoms with Crippen molar-refractivity contribution < 1.29 is 19.1 Å². The van der Waals surface area contributed by atoms with Gasteiger partial charge in [0.1, 0.15) is 17.9 Å². The Kier molecular flexibility index (Phi) is 6.74. The molecule has 0 aromatic heterocycles. The first kappa shape index (κ1) is 25.2. The van der Waals surface area contributed by atoms with Crippen molar-refractivity contribution in [3.05, 3.63) is 111 Å². The van der Waals surface area contributed by atoms with Crippen molar-refractivity contribution in [3.63, 3.8) is 0 Å². The molecule has 38 heavy (non-hydrogen) atoms. The maximum atomic E-state index is 13.6. The van der Waals surface area contributed by atoms with E-state index in [1.165, 1.54) is 6.08 Å². The van der Waals surface area contributed by atoms with Gasteiger partial charge in [-0.1, -0.05) is 77.3 Å². The number of anilines is 1. The number of hydrogen-bond donors (Lipinski definition) is 1. The van der Waals surface area contributed by atoms with E-state index in [1.807, 2.05) is 50.2 Å². The Morgan fingerprint density at radius 1 is 0.895 bits per heavy atom.